The molecule has 0 radical (unpaired) electrons. The number of nitrogens with two attached hydrogens (primary N) is 2. The Hall–Kier alpha value is -3.75. The number of halogens is 1. The van der Waals surface area contributed by atoms with E-state index in [1.165, 1.54) is 30.7 Å². The normalized spacial score (nSPS) is 10.4. The quantitative estimate of drug-likeness (QED) is 0.614. The van der Waals surface area contributed by atoms with E-state index in [1.54, 1.807) is 12.1 Å². The standard InChI is InChI=1S/C16H13FN6O2/c17-11-5-6-20-12(7-11)22-16(25)10-3-1-9(2-4-10)13-14(15(18)24)23(19)8-21-13/h1-8H,19H2,(H2,18,24)(H,20,22,25). The number of anilines is 1. The fourth-order valence-electron chi connectivity index (χ4n) is 2.26. The molecule has 0 atom stereocenters. The number of carbonyl (C=O) groups excluding carboxylic acids is 2. The summed E-state index contributed by atoms with van der Waals surface area (Å²) < 4.78 is 14.2. The highest BCUT2D eigenvalue weighted by atomic mass is 19.1. The second kappa shape index (κ2) is 6.40. The van der Waals surface area contributed by atoms with Gasteiger partial charge in [0.15, 0.2) is 5.69 Å². The molecule has 0 saturated carbocycles. The van der Waals surface area contributed by atoms with Crippen molar-refractivity contribution >= 4 is 17.6 Å². The number of benzene rings is 1. The van der Waals surface area contributed by atoms with Crippen LogP contribution in [0.1, 0.15) is 20.8 Å². The number of nitrogen functional groups attached to an aromatic ring is 1. The lowest BCUT2D eigenvalue weighted by atomic mass is 10.1. The van der Waals surface area contributed by atoms with Gasteiger partial charge >= 0.3 is 0 Å². The van der Waals surface area contributed by atoms with E-state index in [-0.39, 0.29) is 11.5 Å². The minimum absolute atomic E-state index is 0.0566. The maximum Gasteiger partial charge on any atom is 0.269 e. The SMILES string of the molecule is NC(=O)c1c(-c2ccc(C(=O)Nc3cc(F)ccn3)cc2)ncn1N. The van der Waals surface area contributed by atoms with E-state index >= 15 is 0 Å². The predicted molar refractivity (Wildman–Crippen MR) is 88.5 cm³/mol. The highest BCUT2D eigenvalue weighted by molar-refractivity contribution is 6.04. The molecular formula is C16H13FN6O2. The zero-order valence-corrected chi connectivity index (χ0v) is 12.8. The first-order valence-electron chi connectivity index (χ1n) is 7.11. The third-order valence-corrected chi connectivity index (χ3v) is 3.41. The number of carbonyl (C=O) groups is 2. The minimum Gasteiger partial charge on any atom is -0.364 e. The van der Waals surface area contributed by atoms with Crippen molar-refractivity contribution in [3.05, 3.63) is 66.0 Å². The van der Waals surface area contributed by atoms with Crippen LogP contribution in [0.15, 0.2) is 48.9 Å². The van der Waals surface area contributed by atoms with Crippen LogP contribution in [-0.2, 0) is 0 Å². The van der Waals surface area contributed by atoms with E-state index in [9.17, 15) is 14.0 Å². The van der Waals surface area contributed by atoms with Gasteiger partial charge in [0.2, 0.25) is 0 Å². The Balaban J connectivity index is 1.83. The number of amides is 2. The molecule has 0 aliphatic rings. The van der Waals surface area contributed by atoms with Crippen LogP contribution >= 0.6 is 0 Å². The number of imidazole rings is 1. The number of aromatic nitrogens is 3. The van der Waals surface area contributed by atoms with Crippen molar-refractivity contribution in [1.82, 2.24) is 14.6 Å². The summed E-state index contributed by atoms with van der Waals surface area (Å²) in [6.07, 6.45) is 2.52. The molecule has 8 nitrogen and oxygen atoms in total. The molecule has 2 aromatic heterocycles. The first-order chi connectivity index (χ1) is 12.0. The van der Waals surface area contributed by atoms with Crippen molar-refractivity contribution in [1.29, 1.82) is 0 Å². The van der Waals surface area contributed by atoms with E-state index in [1.807, 2.05) is 0 Å². The molecule has 126 valence electrons. The third kappa shape index (κ3) is 3.29. The lowest BCUT2D eigenvalue weighted by Gasteiger charge is -2.06. The number of hydrogen-bond acceptors (Lipinski definition) is 5. The second-order valence-electron chi connectivity index (χ2n) is 5.10. The van der Waals surface area contributed by atoms with Gasteiger partial charge in [-0.3, -0.25) is 9.59 Å². The summed E-state index contributed by atoms with van der Waals surface area (Å²) >= 11 is 0. The van der Waals surface area contributed by atoms with Crippen LogP contribution in [0.3, 0.4) is 0 Å². The topological polar surface area (TPSA) is 129 Å². The zero-order chi connectivity index (χ0) is 18.0. The van der Waals surface area contributed by atoms with Gasteiger partial charge in [-0.05, 0) is 18.2 Å². The Bertz CT molecular complexity index is 952. The predicted octanol–water partition coefficient (Wildman–Crippen LogP) is 1.15. The summed E-state index contributed by atoms with van der Waals surface area (Å²) in [6.45, 7) is 0. The molecular weight excluding hydrogens is 327 g/mol. The first-order valence-corrected chi connectivity index (χ1v) is 7.11. The van der Waals surface area contributed by atoms with Gasteiger partial charge in [-0.25, -0.2) is 19.0 Å². The molecule has 0 unspecified atom stereocenters. The van der Waals surface area contributed by atoms with Crippen LogP contribution < -0.4 is 16.9 Å². The third-order valence-electron chi connectivity index (χ3n) is 3.41. The van der Waals surface area contributed by atoms with E-state index in [0.717, 1.165) is 10.7 Å². The average molecular weight is 340 g/mol. The molecule has 1 aromatic carbocycles. The van der Waals surface area contributed by atoms with Gasteiger partial charge in [-0.15, -0.1) is 0 Å². The van der Waals surface area contributed by atoms with Gasteiger partial charge in [0.1, 0.15) is 23.7 Å². The molecule has 2 amide bonds. The van der Waals surface area contributed by atoms with Crippen LogP contribution in [0.25, 0.3) is 11.3 Å². The van der Waals surface area contributed by atoms with Crippen LogP contribution in [0.4, 0.5) is 10.2 Å². The van der Waals surface area contributed by atoms with Gasteiger partial charge in [0.05, 0.1) is 0 Å². The van der Waals surface area contributed by atoms with Gasteiger partial charge in [0, 0.05) is 23.4 Å². The van der Waals surface area contributed by atoms with Gasteiger partial charge in [-0.2, -0.15) is 0 Å². The van der Waals surface area contributed by atoms with Crippen molar-refractivity contribution < 1.29 is 14.0 Å². The van der Waals surface area contributed by atoms with Crippen molar-refractivity contribution in [2.75, 3.05) is 11.2 Å². The average Bonchev–Trinajstić information content (AvgIpc) is 2.97. The van der Waals surface area contributed by atoms with Crippen LogP contribution in [-0.4, -0.2) is 26.5 Å². The Labute approximate surface area is 141 Å². The molecule has 0 spiro atoms. The summed E-state index contributed by atoms with van der Waals surface area (Å²) in [4.78, 5) is 31.5. The summed E-state index contributed by atoms with van der Waals surface area (Å²) in [6, 6.07) is 8.55. The van der Waals surface area contributed by atoms with Crippen molar-refractivity contribution in [3.63, 3.8) is 0 Å². The molecule has 3 rings (SSSR count). The smallest absolute Gasteiger partial charge is 0.269 e. The molecule has 9 heteroatoms. The Morgan fingerprint density at radius 2 is 1.84 bits per heavy atom. The zero-order valence-electron chi connectivity index (χ0n) is 12.8. The lowest BCUT2D eigenvalue weighted by molar-refractivity contribution is 0.0991. The summed E-state index contributed by atoms with van der Waals surface area (Å²) in [5, 5.41) is 2.49. The Morgan fingerprint density at radius 1 is 1.12 bits per heavy atom. The van der Waals surface area contributed by atoms with Gasteiger partial charge < -0.3 is 16.9 Å². The number of rotatable bonds is 4. The lowest BCUT2D eigenvalue weighted by Crippen LogP contribution is -2.21. The summed E-state index contributed by atoms with van der Waals surface area (Å²) in [7, 11) is 0. The Morgan fingerprint density at radius 3 is 2.48 bits per heavy atom. The second-order valence-corrected chi connectivity index (χ2v) is 5.10. The van der Waals surface area contributed by atoms with Crippen molar-refractivity contribution in [2.24, 2.45) is 5.73 Å². The summed E-state index contributed by atoms with van der Waals surface area (Å²) in [5.41, 5.74) is 6.55. The molecule has 3 aromatic rings. The van der Waals surface area contributed by atoms with Gasteiger partial charge in [-0.1, -0.05) is 12.1 Å². The van der Waals surface area contributed by atoms with E-state index in [0.29, 0.717) is 16.8 Å². The van der Waals surface area contributed by atoms with Crippen molar-refractivity contribution in [2.45, 2.75) is 0 Å². The number of nitrogens with zero attached hydrogens (tertiary/aromatic N) is 3. The molecule has 0 aliphatic heterocycles. The van der Waals surface area contributed by atoms with Crippen LogP contribution in [0.5, 0.6) is 0 Å². The molecule has 25 heavy (non-hydrogen) atoms. The Kier molecular flexibility index (Phi) is 4.12. The fourth-order valence-corrected chi connectivity index (χ4v) is 2.26. The number of pyridine rings is 1. The minimum atomic E-state index is -0.714. The number of nitrogens with one attached hydrogen (secondary N) is 1. The maximum atomic E-state index is 13.1. The largest absolute Gasteiger partial charge is 0.364 e. The molecule has 0 saturated heterocycles. The fraction of sp³-hybridized carbons (Fsp3) is 0. The molecule has 2 heterocycles. The monoisotopic (exact) mass is 340 g/mol. The number of hydrogen-bond donors (Lipinski definition) is 3. The van der Waals surface area contributed by atoms with Crippen molar-refractivity contribution in [3.8, 4) is 11.3 Å². The van der Waals surface area contributed by atoms with Crippen LogP contribution in [0, 0.1) is 5.82 Å². The van der Waals surface area contributed by atoms with E-state index in [4.69, 9.17) is 11.6 Å². The highest BCUT2D eigenvalue weighted by Crippen LogP contribution is 2.22. The molecule has 5 N–H and O–H groups in total. The van der Waals surface area contributed by atoms with E-state index < -0.39 is 17.6 Å². The summed E-state index contributed by atoms with van der Waals surface area (Å²) in [5.74, 6) is 4.04. The van der Waals surface area contributed by atoms with Gasteiger partial charge in [0.25, 0.3) is 11.8 Å². The maximum absolute atomic E-state index is 13.1. The first kappa shape index (κ1) is 16.1. The molecule has 0 bridgehead atoms. The number of primary amides is 1. The highest BCUT2D eigenvalue weighted by Gasteiger charge is 2.17. The molecule has 0 fully saturated rings. The van der Waals surface area contributed by atoms with E-state index in [2.05, 4.69) is 15.3 Å². The van der Waals surface area contributed by atoms with Crippen LogP contribution in [0.2, 0.25) is 0 Å². The molecule has 0 aliphatic carbocycles.